The van der Waals surface area contributed by atoms with Crippen molar-refractivity contribution in [2.45, 2.75) is 78.1 Å². The summed E-state index contributed by atoms with van der Waals surface area (Å²) >= 11 is 0. The number of methoxy groups -OCH3 is 1. The van der Waals surface area contributed by atoms with Crippen molar-refractivity contribution >= 4 is 11.6 Å². The average molecular weight is 479 g/mol. The molecule has 0 amide bonds. The zero-order valence-electron chi connectivity index (χ0n) is 22.7. The topological polar surface area (TPSA) is 73.6 Å². The number of ether oxygens (including phenoxy) is 1. The van der Waals surface area contributed by atoms with Crippen LogP contribution in [0.15, 0.2) is 36.4 Å². The summed E-state index contributed by atoms with van der Waals surface area (Å²) in [5.74, 6) is 1.68. The number of hydrogen-bond donors (Lipinski definition) is 2. The number of ketones is 1. The highest BCUT2D eigenvalue weighted by Gasteiger charge is 2.40. The number of carbonyl (C=O) groups excluding carboxylic acids is 1. The summed E-state index contributed by atoms with van der Waals surface area (Å²) in [5, 5.41) is 20.1. The van der Waals surface area contributed by atoms with Crippen molar-refractivity contribution in [1.82, 2.24) is 4.90 Å². The minimum absolute atomic E-state index is 0.0262. The average Bonchev–Trinajstić information content (AvgIpc) is 3.06. The highest BCUT2D eigenvalue weighted by molar-refractivity contribution is 6.01. The first kappa shape index (κ1) is 26.8. The number of phenols is 1. The quantitative estimate of drug-likeness (QED) is 0.436. The lowest BCUT2D eigenvalue weighted by molar-refractivity contribution is 0.0963. The van der Waals surface area contributed by atoms with Crippen LogP contribution in [0.2, 0.25) is 0 Å². The van der Waals surface area contributed by atoms with Crippen LogP contribution in [0.1, 0.15) is 94.3 Å². The summed E-state index contributed by atoms with van der Waals surface area (Å²) in [6.45, 7) is 15.3. The van der Waals surface area contributed by atoms with Gasteiger partial charge in [0.25, 0.3) is 0 Å². The van der Waals surface area contributed by atoms with Crippen LogP contribution in [-0.2, 0) is 10.8 Å². The van der Waals surface area contributed by atoms with Gasteiger partial charge in [-0.1, -0.05) is 73.1 Å². The zero-order valence-corrected chi connectivity index (χ0v) is 22.7. The second kappa shape index (κ2) is 10.0. The minimum Gasteiger partial charge on any atom is -0.507 e. The lowest BCUT2D eigenvalue weighted by Gasteiger charge is -2.28. The van der Waals surface area contributed by atoms with Gasteiger partial charge in [-0.15, -0.1) is 0 Å². The number of rotatable bonds is 7. The number of likely N-dealkylation sites (tertiary alicyclic amines) is 1. The fraction of sp³-hybridized carbons (Fsp3) is 0.533. The molecule has 5 nitrogen and oxygen atoms in total. The van der Waals surface area contributed by atoms with Crippen LogP contribution in [0.4, 0.5) is 0 Å². The van der Waals surface area contributed by atoms with E-state index in [4.69, 9.17) is 10.1 Å². The molecule has 190 valence electrons. The van der Waals surface area contributed by atoms with Gasteiger partial charge in [0, 0.05) is 34.7 Å². The third-order valence-electron chi connectivity index (χ3n) is 7.08. The maximum absolute atomic E-state index is 13.6. The van der Waals surface area contributed by atoms with Crippen molar-refractivity contribution in [3.8, 4) is 11.5 Å². The molecule has 1 saturated heterocycles. The minimum atomic E-state index is -0.304. The van der Waals surface area contributed by atoms with Crippen molar-refractivity contribution in [2.24, 2.45) is 5.92 Å². The summed E-state index contributed by atoms with van der Waals surface area (Å²) in [5.41, 5.74) is 2.56. The molecular weight excluding hydrogens is 436 g/mol. The second-order valence-electron chi connectivity index (χ2n) is 11.9. The first-order valence-corrected chi connectivity index (χ1v) is 12.7. The third-order valence-corrected chi connectivity index (χ3v) is 7.08. The van der Waals surface area contributed by atoms with Crippen LogP contribution in [0.25, 0.3) is 0 Å². The normalized spacial score (nSPS) is 18.7. The molecule has 0 aromatic heterocycles. The molecule has 1 aliphatic rings. The summed E-state index contributed by atoms with van der Waals surface area (Å²) in [6.07, 6.45) is 2.00. The fourth-order valence-corrected chi connectivity index (χ4v) is 5.21. The Balaban J connectivity index is 1.96. The van der Waals surface area contributed by atoms with E-state index < -0.39 is 0 Å². The lowest BCUT2D eigenvalue weighted by Crippen LogP contribution is -2.32. The number of aromatic hydroxyl groups is 1. The van der Waals surface area contributed by atoms with E-state index in [-0.39, 0.29) is 40.7 Å². The number of nitrogens with zero attached hydrogens (tertiary/aromatic N) is 1. The van der Waals surface area contributed by atoms with Gasteiger partial charge in [0.1, 0.15) is 17.3 Å². The monoisotopic (exact) mass is 478 g/mol. The molecule has 3 rings (SSSR count). The molecule has 35 heavy (non-hydrogen) atoms. The third kappa shape index (κ3) is 5.55. The number of hydrogen-bond acceptors (Lipinski definition) is 4. The molecule has 2 N–H and O–H groups in total. The largest absolute Gasteiger partial charge is 0.507 e. The Morgan fingerprint density at radius 1 is 1.09 bits per heavy atom. The highest BCUT2D eigenvalue weighted by atomic mass is 16.5. The number of para-hydroxylation sites is 1. The van der Waals surface area contributed by atoms with Crippen molar-refractivity contribution in [1.29, 1.82) is 5.41 Å². The number of Topliss-reactive ketones (excluding diaryl/α,β-unsaturated/α-hetero) is 1. The van der Waals surface area contributed by atoms with E-state index >= 15 is 0 Å². The van der Waals surface area contributed by atoms with Crippen molar-refractivity contribution in [2.75, 3.05) is 20.2 Å². The number of amidine groups is 1. The van der Waals surface area contributed by atoms with Gasteiger partial charge in [-0.25, -0.2) is 0 Å². The van der Waals surface area contributed by atoms with E-state index in [0.29, 0.717) is 17.9 Å². The van der Waals surface area contributed by atoms with Gasteiger partial charge in [-0.2, -0.15) is 0 Å². The lowest BCUT2D eigenvalue weighted by atomic mass is 9.78. The van der Waals surface area contributed by atoms with E-state index in [0.717, 1.165) is 35.3 Å². The van der Waals surface area contributed by atoms with Gasteiger partial charge in [0.05, 0.1) is 13.7 Å². The van der Waals surface area contributed by atoms with Crippen LogP contribution >= 0.6 is 0 Å². The molecule has 0 radical (unpaired) electrons. The first-order valence-electron chi connectivity index (χ1n) is 12.7. The van der Waals surface area contributed by atoms with Crippen LogP contribution in [0, 0.1) is 11.3 Å². The smallest absolute Gasteiger partial charge is 0.182 e. The molecule has 1 aliphatic heterocycles. The molecule has 1 heterocycles. The van der Waals surface area contributed by atoms with Gasteiger partial charge in [0.2, 0.25) is 0 Å². The van der Waals surface area contributed by atoms with Crippen LogP contribution in [-0.4, -0.2) is 41.8 Å². The van der Waals surface area contributed by atoms with Crippen molar-refractivity contribution in [3.63, 3.8) is 0 Å². The van der Waals surface area contributed by atoms with Crippen LogP contribution in [0.5, 0.6) is 11.5 Å². The number of phenolic OH excluding ortho intramolecular Hbond substituents is 1. The van der Waals surface area contributed by atoms with Crippen molar-refractivity contribution < 1.29 is 14.6 Å². The van der Waals surface area contributed by atoms with E-state index in [1.54, 1.807) is 7.11 Å². The van der Waals surface area contributed by atoms with E-state index in [1.807, 2.05) is 82.8 Å². The van der Waals surface area contributed by atoms with Crippen LogP contribution in [0.3, 0.4) is 0 Å². The van der Waals surface area contributed by atoms with E-state index in [2.05, 4.69) is 6.92 Å². The Kier molecular flexibility index (Phi) is 7.68. The van der Waals surface area contributed by atoms with E-state index in [9.17, 15) is 9.90 Å². The molecule has 0 spiro atoms. The predicted molar refractivity (Wildman–Crippen MR) is 143 cm³/mol. The molecule has 0 aliphatic carbocycles. The molecule has 1 fully saturated rings. The van der Waals surface area contributed by atoms with E-state index in [1.165, 1.54) is 0 Å². The molecule has 2 aromatic rings. The summed E-state index contributed by atoms with van der Waals surface area (Å²) < 4.78 is 5.61. The van der Waals surface area contributed by atoms with Crippen LogP contribution < -0.4 is 4.74 Å². The summed E-state index contributed by atoms with van der Waals surface area (Å²) in [6, 6.07) is 11.6. The van der Waals surface area contributed by atoms with Gasteiger partial charge in [-0.05, 0) is 41.4 Å². The van der Waals surface area contributed by atoms with Gasteiger partial charge < -0.3 is 14.7 Å². The maximum atomic E-state index is 13.6. The number of nitrogens with one attached hydrogen (secondary N) is 1. The maximum Gasteiger partial charge on any atom is 0.182 e. The van der Waals surface area contributed by atoms with Crippen molar-refractivity contribution in [3.05, 3.63) is 58.7 Å². The molecular formula is C30H42N2O3. The molecule has 2 atom stereocenters. The molecule has 2 aromatic carbocycles. The Morgan fingerprint density at radius 2 is 1.66 bits per heavy atom. The predicted octanol–water partition coefficient (Wildman–Crippen LogP) is 6.67. The summed E-state index contributed by atoms with van der Waals surface area (Å²) in [7, 11) is 1.66. The van der Waals surface area contributed by atoms with Gasteiger partial charge in [0.15, 0.2) is 5.78 Å². The Labute approximate surface area is 211 Å². The fourth-order valence-electron chi connectivity index (χ4n) is 5.21. The molecule has 5 heteroatoms. The zero-order chi connectivity index (χ0) is 26.1. The Morgan fingerprint density at radius 3 is 2.17 bits per heavy atom. The van der Waals surface area contributed by atoms with Gasteiger partial charge >= 0.3 is 0 Å². The van der Waals surface area contributed by atoms with Gasteiger partial charge in [-0.3, -0.25) is 10.2 Å². The Hall–Kier alpha value is -2.82. The number of benzene rings is 2. The molecule has 0 saturated carbocycles. The molecule has 0 unspecified atom stereocenters. The highest BCUT2D eigenvalue weighted by Crippen LogP contribution is 2.42. The second-order valence-corrected chi connectivity index (χ2v) is 11.9. The Bertz CT molecular complexity index is 1060. The number of carbonyl (C=O) groups is 1. The standard InChI is InChI=1S/C30H42N2O3/c1-9-12-19-17-32(28(31)26(19)21-13-10-11-14-25(21)35-8)18-24(33)20-15-22(29(2,3)4)27(34)23(16-20)30(5,6)7/h10-11,13-16,19,26,31,34H,9,12,17-18H2,1-8H3/t19-,26+/m1/s1. The first-order chi connectivity index (χ1) is 16.3. The SMILES string of the molecule is CCC[C@@H]1CN(CC(=O)c2cc(C(C)(C)C)c(O)c(C(C)(C)C)c2)C(=N)[C@@H]1c1ccccc1OC. The molecule has 0 bridgehead atoms. The summed E-state index contributed by atoms with van der Waals surface area (Å²) in [4.78, 5) is 15.5.